The molecule has 1 aliphatic carbocycles. The van der Waals surface area contributed by atoms with E-state index in [0.29, 0.717) is 5.69 Å². The van der Waals surface area contributed by atoms with E-state index in [9.17, 15) is 4.79 Å². The number of nitrogens with zero attached hydrogens (tertiary/aromatic N) is 2. The van der Waals surface area contributed by atoms with Gasteiger partial charge in [0.1, 0.15) is 5.69 Å². The first-order valence-electron chi connectivity index (χ1n) is 9.79. The summed E-state index contributed by atoms with van der Waals surface area (Å²) >= 11 is 1.68. The Hall–Kier alpha value is -3.38. The van der Waals surface area contributed by atoms with Crippen LogP contribution in [0.3, 0.4) is 0 Å². The highest BCUT2D eigenvalue weighted by atomic mass is 32.2. The molecule has 3 aromatic carbocycles. The summed E-state index contributed by atoms with van der Waals surface area (Å²) in [6.07, 6.45) is 5.83. The van der Waals surface area contributed by atoms with Crippen LogP contribution in [0.2, 0.25) is 0 Å². The molecule has 1 heterocycles. The molecule has 0 bridgehead atoms. The van der Waals surface area contributed by atoms with Crippen LogP contribution in [-0.4, -0.2) is 28.6 Å². The van der Waals surface area contributed by atoms with Crippen molar-refractivity contribution in [2.24, 2.45) is 5.10 Å². The van der Waals surface area contributed by atoms with Crippen molar-refractivity contribution in [3.05, 3.63) is 83.0 Å². The van der Waals surface area contributed by atoms with Gasteiger partial charge in [0.15, 0.2) is 0 Å². The van der Waals surface area contributed by atoms with E-state index in [1.807, 2.05) is 30.5 Å². The van der Waals surface area contributed by atoms with Gasteiger partial charge in [0.2, 0.25) is 0 Å². The molecule has 0 saturated carbocycles. The highest BCUT2D eigenvalue weighted by Gasteiger charge is 2.18. The van der Waals surface area contributed by atoms with Gasteiger partial charge in [-0.1, -0.05) is 42.5 Å². The molecule has 0 aliphatic heterocycles. The fourth-order valence-electron chi connectivity index (χ4n) is 3.96. The van der Waals surface area contributed by atoms with Crippen molar-refractivity contribution < 1.29 is 4.79 Å². The summed E-state index contributed by atoms with van der Waals surface area (Å²) in [5.41, 5.74) is 8.42. The summed E-state index contributed by atoms with van der Waals surface area (Å²) in [7, 11) is 0. The third-order valence-electron chi connectivity index (χ3n) is 5.47. The first-order chi connectivity index (χ1) is 14.7. The molecule has 5 rings (SSSR count). The van der Waals surface area contributed by atoms with Crippen molar-refractivity contribution in [1.82, 2.24) is 15.6 Å². The van der Waals surface area contributed by atoms with Crippen LogP contribution in [0, 0.1) is 0 Å². The largest absolute Gasteiger partial charge is 0.289 e. The number of rotatable bonds is 5. The standard InChI is InChI=1S/C24H20N4OS/c1-30-18-10-5-15(6-11-18)14-25-28-24(29)22-13-21(26-27-22)19-12-9-17-8-7-16-3-2-4-20(19)23(16)17/h2-6,9-14H,7-8H2,1H3,(H,26,27)(H,28,29)/b25-14-. The second-order valence-corrected chi connectivity index (χ2v) is 8.13. The average Bonchev–Trinajstić information content (AvgIpc) is 3.43. The smallest absolute Gasteiger partial charge is 0.272 e. The Balaban J connectivity index is 1.35. The van der Waals surface area contributed by atoms with Crippen LogP contribution in [0.1, 0.15) is 27.2 Å². The number of carbonyl (C=O) groups excluding carboxylic acids is 1. The number of thioether (sulfide) groups is 1. The lowest BCUT2D eigenvalue weighted by Gasteiger charge is -2.06. The predicted molar refractivity (Wildman–Crippen MR) is 122 cm³/mol. The monoisotopic (exact) mass is 412 g/mol. The molecule has 1 aliphatic rings. The molecule has 4 aromatic rings. The van der Waals surface area contributed by atoms with Crippen molar-refractivity contribution in [3.8, 4) is 11.3 Å². The maximum atomic E-state index is 12.5. The molecule has 6 heteroatoms. The first-order valence-corrected chi connectivity index (χ1v) is 11.0. The van der Waals surface area contributed by atoms with Gasteiger partial charge in [-0.2, -0.15) is 10.2 Å². The van der Waals surface area contributed by atoms with E-state index in [0.717, 1.165) is 29.7 Å². The maximum absolute atomic E-state index is 12.5. The lowest BCUT2D eigenvalue weighted by Crippen LogP contribution is -2.17. The summed E-state index contributed by atoms with van der Waals surface area (Å²) in [5.74, 6) is -0.323. The molecule has 0 atom stereocenters. The normalized spacial score (nSPS) is 12.7. The zero-order valence-electron chi connectivity index (χ0n) is 16.5. The molecule has 0 radical (unpaired) electrons. The van der Waals surface area contributed by atoms with Crippen molar-refractivity contribution >= 4 is 34.7 Å². The van der Waals surface area contributed by atoms with Gasteiger partial charge in [-0.25, -0.2) is 5.43 Å². The molecular formula is C24H20N4OS. The summed E-state index contributed by atoms with van der Waals surface area (Å²) in [4.78, 5) is 13.6. The molecule has 5 nitrogen and oxygen atoms in total. The van der Waals surface area contributed by atoms with Crippen molar-refractivity contribution in [1.29, 1.82) is 0 Å². The zero-order chi connectivity index (χ0) is 20.5. The van der Waals surface area contributed by atoms with E-state index in [-0.39, 0.29) is 5.91 Å². The van der Waals surface area contributed by atoms with Gasteiger partial charge >= 0.3 is 0 Å². The SMILES string of the molecule is CSc1ccc(/C=N\NC(=O)c2cc(-c3ccc4c5c(cccc35)CC4)n[nH]2)cc1. The van der Waals surface area contributed by atoms with Gasteiger partial charge in [-0.3, -0.25) is 9.89 Å². The van der Waals surface area contributed by atoms with E-state index >= 15 is 0 Å². The Bertz CT molecular complexity index is 1260. The summed E-state index contributed by atoms with van der Waals surface area (Å²) in [6, 6.07) is 20.4. The van der Waals surface area contributed by atoms with Gasteiger partial charge in [-0.15, -0.1) is 11.8 Å². The molecule has 1 amide bonds. The Labute approximate surface area is 178 Å². The lowest BCUT2D eigenvalue weighted by atomic mass is 9.98. The highest BCUT2D eigenvalue weighted by molar-refractivity contribution is 7.98. The van der Waals surface area contributed by atoms with Crippen LogP contribution in [0.15, 0.2) is 70.7 Å². The van der Waals surface area contributed by atoms with Crippen LogP contribution in [0.25, 0.3) is 22.0 Å². The minimum absolute atomic E-state index is 0.323. The Morgan fingerprint density at radius 1 is 1.10 bits per heavy atom. The third-order valence-corrected chi connectivity index (χ3v) is 6.21. The molecule has 0 spiro atoms. The van der Waals surface area contributed by atoms with E-state index in [2.05, 4.69) is 51.1 Å². The number of aromatic nitrogens is 2. The second kappa shape index (κ2) is 7.80. The molecule has 2 N–H and O–H groups in total. The highest BCUT2D eigenvalue weighted by Crippen LogP contribution is 2.36. The number of amides is 1. The van der Waals surface area contributed by atoms with Crippen LogP contribution in [0.4, 0.5) is 0 Å². The number of hydrogen-bond acceptors (Lipinski definition) is 4. The number of hydrogen-bond donors (Lipinski definition) is 2. The summed E-state index contributed by atoms with van der Waals surface area (Å²) < 4.78 is 0. The van der Waals surface area contributed by atoms with Crippen LogP contribution < -0.4 is 5.43 Å². The minimum Gasteiger partial charge on any atom is -0.272 e. The Kier molecular flexibility index (Phi) is 4.85. The van der Waals surface area contributed by atoms with Gasteiger partial charge < -0.3 is 0 Å². The summed E-state index contributed by atoms with van der Waals surface area (Å²) in [5, 5.41) is 13.8. The van der Waals surface area contributed by atoms with E-state index < -0.39 is 0 Å². The van der Waals surface area contributed by atoms with Crippen LogP contribution in [-0.2, 0) is 12.8 Å². The number of aromatic amines is 1. The number of carbonyl (C=O) groups is 1. The Morgan fingerprint density at radius 3 is 2.70 bits per heavy atom. The molecule has 0 saturated heterocycles. The van der Waals surface area contributed by atoms with Crippen molar-refractivity contribution in [2.75, 3.05) is 6.26 Å². The number of aryl methyl sites for hydroxylation is 2. The number of nitrogens with one attached hydrogen (secondary N) is 2. The van der Waals surface area contributed by atoms with Gasteiger partial charge in [0.05, 0.1) is 11.9 Å². The average molecular weight is 413 g/mol. The van der Waals surface area contributed by atoms with E-state index in [1.54, 1.807) is 24.0 Å². The number of hydrazone groups is 1. The Morgan fingerprint density at radius 2 is 1.90 bits per heavy atom. The lowest BCUT2D eigenvalue weighted by molar-refractivity contribution is 0.0950. The van der Waals surface area contributed by atoms with Gasteiger partial charge in [-0.05, 0) is 64.8 Å². The van der Waals surface area contributed by atoms with Gasteiger partial charge in [0, 0.05) is 10.5 Å². The quantitative estimate of drug-likeness (QED) is 0.281. The molecule has 30 heavy (non-hydrogen) atoms. The third kappa shape index (κ3) is 3.39. The number of benzene rings is 3. The molecule has 148 valence electrons. The number of H-pyrrole nitrogens is 1. The zero-order valence-corrected chi connectivity index (χ0v) is 17.3. The minimum atomic E-state index is -0.323. The molecule has 0 unspecified atom stereocenters. The van der Waals surface area contributed by atoms with Gasteiger partial charge in [0.25, 0.3) is 5.91 Å². The topological polar surface area (TPSA) is 70.1 Å². The van der Waals surface area contributed by atoms with E-state index in [4.69, 9.17) is 0 Å². The molecule has 0 fully saturated rings. The molecule has 1 aromatic heterocycles. The maximum Gasteiger partial charge on any atom is 0.289 e. The summed E-state index contributed by atoms with van der Waals surface area (Å²) in [6.45, 7) is 0. The fourth-order valence-corrected chi connectivity index (χ4v) is 4.37. The predicted octanol–water partition coefficient (Wildman–Crippen LogP) is 4.81. The second-order valence-electron chi connectivity index (χ2n) is 7.25. The van der Waals surface area contributed by atoms with Crippen LogP contribution in [0.5, 0.6) is 0 Å². The van der Waals surface area contributed by atoms with Crippen molar-refractivity contribution in [3.63, 3.8) is 0 Å². The molecular weight excluding hydrogens is 392 g/mol. The fraction of sp³-hybridized carbons (Fsp3) is 0.125. The van der Waals surface area contributed by atoms with Crippen molar-refractivity contribution in [2.45, 2.75) is 17.7 Å². The van der Waals surface area contributed by atoms with E-state index in [1.165, 1.54) is 26.8 Å². The van der Waals surface area contributed by atoms with Crippen LogP contribution >= 0.6 is 11.8 Å². The first kappa shape index (κ1) is 18.6.